The van der Waals surface area contributed by atoms with Crippen molar-refractivity contribution in [1.29, 1.82) is 0 Å². The summed E-state index contributed by atoms with van der Waals surface area (Å²) in [6.45, 7) is 7.66. The van der Waals surface area contributed by atoms with E-state index < -0.39 is 70.7 Å². The number of rotatable bonds is 12. The molecule has 2 N–H and O–H groups in total. The van der Waals surface area contributed by atoms with Crippen LogP contribution in [0.4, 0.5) is 26.3 Å². The largest absolute Gasteiger partial charge is 0.481 e. The van der Waals surface area contributed by atoms with E-state index in [1.807, 2.05) is 4.90 Å². The van der Waals surface area contributed by atoms with Gasteiger partial charge in [0.05, 0.1) is 30.7 Å². The van der Waals surface area contributed by atoms with Crippen LogP contribution in [0.3, 0.4) is 0 Å². The van der Waals surface area contributed by atoms with Crippen LogP contribution in [0.1, 0.15) is 78.6 Å². The van der Waals surface area contributed by atoms with Gasteiger partial charge in [0.2, 0.25) is 5.91 Å². The molecule has 14 heteroatoms. The van der Waals surface area contributed by atoms with Crippen molar-refractivity contribution in [2.75, 3.05) is 19.7 Å². The monoisotopic (exact) mass is 731 g/mol. The van der Waals surface area contributed by atoms with Gasteiger partial charge in [0, 0.05) is 48.1 Å². The molecule has 2 aliphatic heterocycles. The van der Waals surface area contributed by atoms with Gasteiger partial charge in [-0.25, -0.2) is 13.2 Å². The molecule has 0 saturated carbocycles. The second-order valence-electron chi connectivity index (χ2n) is 13.9. The summed E-state index contributed by atoms with van der Waals surface area (Å²) >= 11 is 0. The van der Waals surface area contributed by atoms with Crippen LogP contribution in [-0.2, 0) is 26.9 Å². The molecule has 2 fully saturated rings. The van der Waals surface area contributed by atoms with E-state index in [1.165, 1.54) is 13.8 Å². The van der Waals surface area contributed by atoms with Crippen molar-refractivity contribution < 1.29 is 45.8 Å². The number of hydrogen-bond donors (Lipinski definition) is 2. The standard InChI is InChI=1S/C38H39F6N3O5/c1-6-22-12-28(40)35(36(41)34(22)33-20(4)10-24(39)11-21(33)5)29(15-32(49)50)45-37(51)30(9-19(2)3)47-16-23(27(14-31(47)48)38(42,43)44)7-8-46-17-26-13-25(46)18-52-26/h1,10-12,14,16,19,25-26,29-30H,7-9,13,15,17-18H2,2-5H3,(H,45,51)(H,49,50)/t25-,26-,29+,30-/m1/s1. The third-order valence-electron chi connectivity index (χ3n) is 9.68. The quantitative estimate of drug-likeness (QED) is 0.163. The van der Waals surface area contributed by atoms with E-state index in [1.54, 1.807) is 13.8 Å². The maximum atomic E-state index is 16.6. The number of aromatic nitrogens is 1. The summed E-state index contributed by atoms with van der Waals surface area (Å²) in [6.07, 6.45) is 1.30. The van der Waals surface area contributed by atoms with Crippen LogP contribution in [0, 0.1) is 49.6 Å². The lowest BCUT2D eigenvalue weighted by atomic mass is 9.88. The zero-order valence-electron chi connectivity index (χ0n) is 29.0. The van der Waals surface area contributed by atoms with E-state index in [4.69, 9.17) is 11.2 Å². The smallest absolute Gasteiger partial charge is 0.416 e. The number of aliphatic carboxylic acids is 1. The van der Waals surface area contributed by atoms with Crippen molar-refractivity contribution >= 4 is 11.9 Å². The second kappa shape index (κ2) is 15.2. The molecule has 1 aromatic heterocycles. The number of nitrogens with one attached hydrogen (secondary N) is 1. The molecule has 0 radical (unpaired) electrons. The van der Waals surface area contributed by atoms with Crippen LogP contribution in [-0.4, -0.2) is 58.3 Å². The summed E-state index contributed by atoms with van der Waals surface area (Å²) in [5, 5.41) is 12.2. The van der Waals surface area contributed by atoms with Crippen molar-refractivity contribution in [3.05, 3.63) is 91.6 Å². The maximum Gasteiger partial charge on any atom is 0.416 e. The van der Waals surface area contributed by atoms with Gasteiger partial charge >= 0.3 is 12.1 Å². The number of morpholine rings is 1. The number of likely N-dealkylation sites (tertiary alicyclic amines) is 1. The number of carbonyl (C=O) groups excluding carboxylic acids is 1. The van der Waals surface area contributed by atoms with E-state index in [9.17, 15) is 37.1 Å². The molecule has 2 aliphatic rings. The predicted molar refractivity (Wildman–Crippen MR) is 180 cm³/mol. The molecule has 8 nitrogen and oxygen atoms in total. The average Bonchev–Trinajstić information content (AvgIpc) is 3.66. The molecular formula is C38H39F6N3O5. The van der Waals surface area contributed by atoms with Crippen molar-refractivity contribution in [2.45, 2.75) is 83.8 Å². The number of alkyl halides is 3. The van der Waals surface area contributed by atoms with Gasteiger partial charge in [0.25, 0.3) is 5.56 Å². The maximum absolute atomic E-state index is 16.6. The summed E-state index contributed by atoms with van der Waals surface area (Å²) in [6, 6.07) is 0.217. The summed E-state index contributed by atoms with van der Waals surface area (Å²) in [5.74, 6) is -3.86. The van der Waals surface area contributed by atoms with E-state index in [0.29, 0.717) is 19.2 Å². The van der Waals surface area contributed by atoms with Gasteiger partial charge in [-0.1, -0.05) is 19.8 Å². The molecule has 3 aromatic rings. The third-order valence-corrected chi connectivity index (χ3v) is 9.68. The van der Waals surface area contributed by atoms with Gasteiger partial charge in [0.1, 0.15) is 23.5 Å². The minimum atomic E-state index is -4.87. The zero-order chi connectivity index (χ0) is 38.2. The SMILES string of the molecule is C#Cc1cc(F)c([C@H](CC(=O)O)NC(=O)[C@@H](CC(C)C)n2cc(CCN3C[C@H]4C[C@@H]3CO4)c(C(F)(F)F)cc2=O)c(F)c1-c1c(C)cc(F)cc1C. The molecule has 2 aromatic carbocycles. The number of nitrogens with zero attached hydrogens (tertiary/aromatic N) is 2. The van der Waals surface area contributed by atoms with Gasteiger partial charge in [0.15, 0.2) is 0 Å². The van der Waals surface area contributed by atoms with Gasteiger partial charge in [-0.05, 0) is 79.5 Å². The number of carbonyl (C=O) groups is 2. The van der Waals surface area contributed by atoms with Crippen molar-refractivity contribution in [1.82, 2.24) is 14.8 Å². The molecule has 0 spiro atoms. The fourth-order valence-electron chi connectivity index (χ4n) is 7.39. The van der Waals surface area contributed by atoms with E-state index >= 15 is 8.78 Å². The van der Waals surface area contributed by atoms with Gasteiger partial charge in [-0.3, -0.25) is 19.3 Å². The Morgan fingerprint density at radius 3 is 2.31 bits per heavy atom. The topological polar surface area (TPSA) is 101 Å². The van der Waals surface area contributed by atoms with E-state index in [-0.39, 0.29) is 70.8 Å². The molecule has 0 aliphatic carbocycles. The van der Waals surface area contributed by atoms with Crippen molar-refractivity contribution in [2.24, 2.45) is 5.92 Å². The van der Waals surface area contributed by atoms with E-state index in [0.717, 1.165) is 35.4 Å². The molecule has 4 atom stereocenters. The van der Waals surface area contributed by atoms with E-state index in [2.05, 4.69) is 11.2 Å². The highest BCUT2D eigenvalue weighted by Crippen LogP contribution is 2.39. The van der Waals surface area contributed by atoms with Crippen LogP contribution >= 0.6 is 0 Å². The number of ether oxygens (including phenoxy) is 1. The first-order valence-electron chi connectivity index (χ1n) is 16.8. The highest BCUT2D eigenvalue weighted by Gasteiger charge is 2.40. The second-order valence-corrected chi connectivity index (χ2v) is 13.9. The number of hydrogen-bond acceptors (Lipinski definition) is 5. The lowest BCUT2D eigenvalue weighted by molar-refractivity contribution is -0.139. The molecule has 278 valence electrons. The first-order chi connectivity index (χ1) is 24.4. The molecule has 2 saturated heterocycles. The minimum absolute atomic E-state index is 0.0103. The predicted octanol–water partition coefficient (Wildman–Crippen LogP) is 6.48. The Balaban J connectivity index is 1.57. The van der Waals surface area contributed by atoms with Crippen molar-refractivity contribution in [3.8, 4) is 23.5 Å². The zero-order valence-corrected chi connectivity index (χ0v) is 29.0. The van der Waals surface area contributed by atoms with Crippen LogP contribution in [0.5, 0.6) is 0 Å². The van der Waals surface area contributed by atoms with Crippen LogP contribution in [0.2, 0.25) is 0 Å². The highest BCUT2D eigenvalue weighted by atomic mass is 19.4. The summed E-state index contributed by atoms with van der Waals surface area (Å²) in [4.78, 5) is 41.5. The molecule has 3 heterocycles. The molecule has 2 bridgehead atoms. The molecule has 0 unspecified atom stereocenters. The van der Waals surface area contributed by atoms with Gasteiger partial charge in [-0.15, -0.1) is 6.42 Å². The Bertz CT molecular complexity index is 1960. The summed E-state index contributed by atoms with van der Waals surface area (Å²) < 4.78 is 95.6. The number of halogens is 6. The Morgan fingerprint density at radius 1 is 1.10 bits per heavy atom. The molecule has 5 rings (SSSR count). The number of benzene rings is 2. The Hall–Kier alpha value is -4.61. The van der Waals surface area contributed by atoms with Crippen LogP contribution in [0.25, 0.3) is 11.1 Å². The molecule has 1 amide bonds. The number of pyridine rings is 1. The fourth-order valence-corrected chi connectivity index (χ4v) is 7.39. The highest BCUT2D eigenvalue weighted by molar-refractivity contribution is 5.83. The number of carboxylic acid groups (broad SMARTS) is 1. The normalized spacial score (nSPS) is 18.4. The first kappa shape index (κ1) is 38.6. The van der Waals surface area contributed by atoms with Crippen LogP contribution in [0.15, 0.2) is 35.3 Å². The van der Waals surface area contributed by atoms with Crippen molar-refractivity contribution in [3.63, 3.8) is 0 Å². The third kappa shape index (κ3) is 8.05. The molecular weight excluding hydrogens is 692 g/mol. The number of terminal acetylenes is 1. The Morgan fingerprint density at radius 2 is 1.77 bits per heavy atom. The van der Waals surface area contributed by atoms with Crippen LogP contribution < -0.4 is 10.9 Å². The number of aryl methyl sites for hydroxylation is 2. The Labute approximate surface area is 296 Å². The summed E-state index contributed by atoms with van der Waals surface area (Å²) in [7, 11) is 0. The fraction of sp³-hybridized carbons (Fsp3) is 0.447. The number of fused-ring (bicyclic) bond motifs is 2. The van der Waals surface area contributed by atoms with Gasteiger partial charge in [-0.2, -0.15) is 13.2 Å². The lowest BCUT2D eigenvalue weighted by Gasteiger charge is -2.28. The minimum Gasteiger partial charge on any atom is -0.481 e. The average molecular weight is 732 g/mol. The first-order valence-corrected chi connectivity index (χ1v) is 16.8. The van der Waals surface area contributed by atoms with Gasteiger partial charge < -0.3 is 19.7 Å². The summed E-state index contributed by atoms with van der Waals surface area (Å²) in [5.41, 5.74) is -3.25. The lowest BCUT2D eigenvalue weighted by Crippen LogP contribution is -2.41. The Kier molecular flexibility index (Phi) is 11.3. The molecule has 52 heavy (non-hydrogen) atoms. The number of carboxylic acids is 1. The number of amides is 1.